The first-order valence-electron chi connectivity index (χ1n) is 5.78. The van der Waals surface area contributed by atoms with E-state index in [0.29, 0.717) is 6.42 Å². The van der Waals surface area contributed by atoms with E-state index in [2.05, 4.69) is 10.6 Å². The average Bonchev–Trinajstić information content (AvgIpc) is 2.23. The SMILES string of the molecule is C/C=C/C(C)C1(CCC)C(=O)NC(=S)NC1=O. The van der Waals surface area contributed by atoms with E-state index in [1.165, 1.54) is 0 Å². The Hall–Kier alpha value is -1.23. The van der Waals surface area contributed by atoms with Crippen molar-refractivity contribution in [2.24, 2.45) is 11.3 Å². The molecule has 0 aliphatic carbocycles. The van der Waals surface area contributed by atoms with Crippen LogP contribution in [0, 0.1) is 11.3 Å². The summed E-state index contributed by atoms with van der Waals surface area (Å²) < 4.78 is 0. The summed E-state index contributed by atoms with van der Waals surface area (Å²) in [6.07, 6.45) is 5.01. The van der Waals surface area contributed by atoms with Crippen LogP contribution in [0.5, 0.6) is 0 Å². The molecule has 1 rings (SSSR count). The van der Waals surface area contributed by atoms with Crippen molar-refractivity contribution in [2.75, 3.05) is 0 Å². The van der Waals surface area contributed by atoms with Crippen LogP contribution in [0.3, 0.4) is 0 Å². The first-order chi connectivity index (χ1) is 7.98. The molecule has 0 spiro atoms. The molecular weight excluding hydrogens is 236 g/mol. The lowest BCUT2D eigenvalue weighted by Crippen LogP contribution is -2.64. The summed E-state index contributed by atoms with van der Waals surface area (Å²) in [5.74, 6) is -0.743. The van der Waals surface area contributed by atoms with Crippen LogP contribution < -0.4 is 10.6 Å². The van der Waals surface area contributed by atoms with Crippen LogP contribution in [-0.4, -0.2) is 16.9 Å². The molecule has 1 aliphatic rings. The average molecular weight is 254 g/mol. The Morgan fingerprint density at radius 2 is 1.88 bits per heavy atom. The Labute approximate surface area is 107 Å². The van der Waals surface area contributed by atoms with E-state index in [1.807, 2.05) is 32.9 Å². The summed E-state index contributed by atoms with van der Waals surface area (Å²) in [5, 5.41) is 5.20. The van der Waals surface area contributed by atoms with Crippen molar-refractivity contribution in [2.45, 2.75) is 33.6 Å². The van der Waals surface area contributed by atoms with Crippen LogP contribution in [0.15, 0.2) is 12.2 Å². The molecule has 2 N–H and O–H groups in total. The third kappa shape index (κ3) is 2.39. The van der Waals surface area contributed by atoms with Crippen molar-refractivity contribution in [3.05, 3.63) is 12.2 Å². The van der Waals surface area contributed by atoms with Gasteiger partial charge in [0, 0.05) is 0 Å². The summed E-state index contributed by atoms with van der Waals surface area (Å²) in [6, 6.07) is 0. The van der Waals surface area contributed by atoms with Gasteiger partial charge in [-0.25, -0.2) is 0 Å². The Balaban J connectivity index is 3.16. The van der Waals surface area contributed by atoms with Gasteiger partial charge >= 0.3 is 0 Å². The molecule has 1 saturated heterocycles. The van der Waals surface area contributed by atoms with Crippen LogP contribution in [0.25, 0.3) is 0 Å². The number of hydrogen-bond donors (Lipinski definition) is 2. The van der Waals surface area contributed by atoms with Crippen molar-refractivity contribution in [3.8, 4) is 0 Å². The number of hydrogen-bond acceptors (Lipinski definition) is 3. The van der Waals surface area contributed by atoms with Crippen LogP contribution >= 0.6 is 12.2 Å². The molecule has 0 aromatic carbocycles. The second-order valence-corrected chi connectivity index (χ2v) is 4.68. The monoisotopic (exact) mass is 254 g/mol. The maximum Gasteiger partial charge on any atom is 0.242 e. The Bertz CT molecular complexity index is 357. The summed E-state index contributed by atoms with van der Waals surface area (Å²) >= 11 is 4.82. The smallest absolute Gasteiger partial charge is 0.242 e. The number of amides is 2. The lowest BCUT2D eigenvalue weighted by molar-refractivity contribution is -0.146. The molecule has 4 nitrogen and oxygen atoms in total. The van der Waals surface area contributed by atoms with E-state index in [4.69, 9.17) is 12.2 Å². The third-order valence-electron chi connectivity index (χ3n) is 3.17. The van der Waals surface area contributed by atoms with Gasteiger partial charge < -0.3 is 10.6 Å². The van der Waals surface area contributed by atoms with Crippen LogP contribution in [-0.2, 0) is 9.59 Å². The molecule has 0 aromatic heterocycles. The van der Waals surface area contributed by atoms with E-state index < -0.39 is 5.41 Å². The van der Waals surface area contributed by atoms with Crippen LogP contribution in [0.2, 0.25) is 0 Å². The molecule has 0 radical (unpaired) electrons. The van der Waals surface area contributed by atoms with E-state index in [1.54, 1.807) is 0 Å². The van der Waals surface area contributed by atoms with E-state index >= 15 is 0 Å². The van der Waals surface area contributed by atoms with Crippen molar-refractivity contribution in [1.29, 1.82) is 0 Å². The largest absolute Gasteiger partial charge is 0.302 e. The maximum absolute atomic E-state index is 12.1. The lowest BCUT2D eigenvalue weighted by atomic mass is 9.70. The Kier molecular flexibility index (Phi) is 4.40. The number of carbonyl (C=O) groups is 2. The summed E-state index contributed by atoms with van der Waals surface area (Å²) in [5.41, 5.74) is -1.04. The first kappa shape index (κ1) is 13.8. The van der Waals surface area contributed by atoms with Gasteiger partial charge in [0.2, 0.25) is 11.8 Å². The predicted molar refractivity (Wildman–Crippen MR) is 70.2 cm³/mol. The molecular formula is C12H18N2O2S. The molecule has 1 atom stereocenters. The normalized spacial score (nSPS) is 21.2. The summed E-state index contributed by atoms with van der Waals surface area (Å²) in [7, 11) is 0. The van der Waals surface area contributed by atoms with Crippen molar-refractivity contribution >= 4 is 29.1 Å². The molecule has 1 unspecified atom stereocenters. The van der Waals surface area contributed by atoms with E-state index in [9.17, 15) is 9.59 Å². The number of thiocarbonyl (C=S) groups is 1. The number of allylic oxidation sites excluding steroid dienone is 2. The van der Waals surface area contributed by atoms with Crippen LogP contribution in [0.1, 0.15) is 33.6 Å². The van der Waals surface area contributed by atoms with Crippen LogP contribution in [0.4, 0.5) is 0 Å². The van der Waals surface area contributed by atoms with Crippen molar-refractivity contribution in [1.82, 2.24) is 10.6 Å². The first-order valence-corrected chi connectivity index (χ1v) is 6.19. The highest BCUT2D eigenvalue weighted by Crippen LogP contribution is 2.36. The zero-order valence-corrected chi connectivity index (χ0v) is 11.2. The van der Waals surface area contributed by atoms with Gasteiger partial charge in [-0.1, -0.05) is 32.4 Å². The molecule has 17 heavy (non-hydrogen) atoms. The minimum Gasteiger partial charge on any atom is -0.302 e. The highest BCUT2D eigenvalue weighted by Gasteiger charge is 2.51. The molecule has 1 heterocycles. The number of nitrogens with one attached hydrogen (secondary N) is 2. The minimum atomic E-state index is -1.04. The topological polar surface area (TPSA) is 58.2 Å². The third-order valence-corrected chi connectivity index (χ3v) is 3.37. The Morgan fingerprint density at radius 1 is 1.35 bits per heavy atom. The Morgan fingerprint density at radius 3 is 2.29 bits per heavy atom. The highest BCUT2D eigenvalue weighted by atomic mass is 32.1. The molecule has 0 saturated carbocycles. The second kappa shape index (κ2) is 5.40. The zero-order valence-electron chi connectivity index (χ0n) is 10.4. The van der Waals surface area contributed by atoms with Gasteiger partial charge in [0.25, 0.3) is 0 Å². The highest BCUT2D eigenvalue weighted by molar-refractivity contribution is 7.80. The van der Waals surface area contributed by atoms with Gasteiger partial charge in [-0.2, -0.15) is 0 Å². The van der Waals surface area contributed by atoms with Gasteiger partial charge in [0.15, 0.2) is 5.11 Å². The maximum atomic E-state index is 12.1. The van der Waals surface area contributed by atoms with Gasteiger partial charge in [0.05, 0.1) is 0 Å². The number of rotatable bonds is 4. The molecule has 1 fully saturated rings. The fraction of sp³-hybridized carbons (Fsp3) is 0.583. The summed E-state index contributed by atoms with van der Waals surface area (Å²) in [4.78, 5) is 24.3. The van der Waals surface area contributed by atoms with E-state index in [0.717, 1.165) is 6.42 Å². The zero-order chi connectivity index (χ0) is 13.1. The fourth-order valence-electron chi connectivity index (χ4n) is 2.28. The second-order valence-electron chi connectivity index (χ2n) is 4.27. The molecule has 5 heteroatoms. The quantitative estimate of drug-likeness (QED) is 0.454. The lowest BCUT2D eigenvalue weighted by Gasteiger charge is -2.38. The molecule has 94 valence electrons. The standard InChI is InChI=1S/C12H18N2O2S/c1-4-6-8(3)12(7-5-2)9(15)13-11(17)14-10(12)16/h4,6,8H,5,7H2,1-3H3,(H2,13,14,15,16,17)/b6-4+. The van der Waals surface area contributed by atoms with Gasteiger partial charge in [-0.05, 0) is 31.5 Å². The molecule has 0 aromatic rings. The molecule has 2 amide bonds. The van der Waals surface area contributed by atoms with Gasteiger partial charge in [0.1, 0.15) is 5.41 Å². The van der Waals surface area contributed by atoms with E-state index in [-0.39, 0.29) is 22.8 Å². The predicted octanol–water partition coefficient (Wildman–Crippen LogP) is 1.52. The van der Waals surface area contributed by atoms with Crippen molar-refractivity contribution < 1.29 is 9.59 Å². The van der Waals surface area contributed by atoms with Gasteiger partial charge in [-0.3, -0.25) is 9.59 Å². The summed E-state index contributed by atoms with van der Waals surface area (Å²) in [6.45, 7) is 5.71. The molecule has 0 bridgehead atoms. The fourth-order valence-corrected chi connectivity index (χ4v) is 2.46. The molecule has 1 aliphatic heterocycles. The number of carbonyl (C=O) groups excluding carboxylic acids is 2. The van der Waals surface area contributed by atoms with Crippen molar-refractivity contribution in [3.63, 3.8) is 0 Å². The minimum absolute atomic E-state index is 0.0967. The van der Waals surface area contributed by atoms with Gasteiger partial charge in [-0.15, -0.1) is 0 Å².